The van der Waals surface area contributed by atoms with Gasteiger partial charge in [0.2, 0.25) is 0 Å². The smallest absolute Gasteiger partial charge is 0.416 e. The van der Waals surface area contributed by atoms with Crippen LogP contribution in [0, 0.1) is 0 Å². The monoisotopic (exact) mass is 442 g/mol. The zero-order valence-electron chi connectivity index (χ0n) is 15.9. The number of benzene rings is 2. The molecular weight excluding hydrogens is 421 g/mol. The SMILES string of the molecule is COc1ccc(CC2SC(O)NC2O)cc1C(=O)NCc1ccc(C(F)(F)F)cc1. The molecule has 1 aliphatic heterocycles. The zero-order chi connectivity index (χ0) is 21.9. The Morgan fingerprint density at radius 3 is 2.40 bits per heavy atom. The first-order valence-corrected chi connectivity index (χ1v) is 10.0. The first-order chi connectivity index (χ1) is 14.2. The number of ether oxygens (including phenoxy) is 1. The van der Waals surface area contributed by atoms with E-state index in [4.69, 9.17) is 4.74 Å². The third-order valence-electron chi connectivity index (χ3n) is 4.65. The number of thioether (sulfide) groups is 1. The third kappa shape index (κ3) is 5.45. The van der Waals surface area contributed by atoms with Crippen molar-refractivity contribution in [2.45, 2.75) is 36.2 Å². The van der Waals surface area contributed by atoms with Crippen molar-refractivity contribution in [3.8, 4) is 5.75 Å². The molecule has 2 aromatic rings. The number of nitrogens with one attached hydrogen (secondary N) is 2. The molecule has 162 valence electrons. The first kappa shape index (κ1) is 22.4. The molecule has 1 amide bonds. The number of hydrogen-bond acceptors (Lipinski definition) is 6. The summed E-state index contributed by atoms with van der Waals surface area (Å²) < 4.78 is 43.2. The normalized spacial score (nSPS) is 21.5. The minimum Gasteiger partial charge on any atom is -0.496 e. The topological polar surface area (TPSA) is 90.8 Å². The average Bonchev–Trinajstić information content (AvgIpc) is 3.02. The summed E-state index contributed by atoms with van der Waals surface area (Å²) in [6, 6.07) is 9.60. The summed E-state index contributed by atoms with van der Waals surface area (Å²) >= 11 is 1.19. The number of methoxy groups -OCH3 is 1. The molecule has 4 N–H and O–H groups in total. The van der Waals surface area contributed by atoms with Crippen LogP contribution in [0.5, 0.6) is 5.75 Å². The standard InChI is InChI=1S/C20H21F3N2O4S/c1-29-15-7-4-12(9-16-18(27)25-19(28)30-16)8-14(15)17(26)24-10-11-2-5-13(6-3-11)20(21,22)23/h2-8,16,18-19,25,27-28H,9-10H2,1H3,(H,24,26). The van der Waals surface area contributed by atoms with Gasteiger partial charge >= 0.3 is 6.18 Å². The van der Waals surface area contributed by atoms with Crippen molar-refractivity contribution in [1.29, 1.82) is 0 Å². The van der Waals surface area contributed by atoms with Gasteiger partial charge < -0.3 is 20.3 Å². The van der Waals surface area contributed by atoms with Crippen molar-refractivity contribution in [3.05, 3.63) is 64.7 Å². The number of aliphatic hydroxyl groups is 2. The minimum atomic E-state index is -4.41. The Labute approximate surface area is 175 Å². The Bertz CT molecular complexity index is 893. The van der Waals surface area contributed by atoms with Gasteiger partial charge in [0.15, 0.2) is 5.56 Å². The fourth-order valence-electron chi connectivity index (χ4n) is 3.07. The number of alkyl halides is 3. The second kappa shape index (κ2) is 9.25. The van der Waals surface area contributed by atoms with Crippen LogP contribution < -0.4 is 15.4 Å². The van der Waals surface area contributed by atoms with E-state index in [-0.39, 0.29) is 17.4 Å². The summed E-state index contributed by atoms with van der Waals surface area (Å²) in [5.41, 5.74) is -0.0406. The maximum atomic E-state index is 12.7. The molecule has 6 nitrogen and oxygen atoms in total. The molecule has 10 heteroatoms. The van der Waals surface area contributed by atoms with Gasteiger partial charge in [-0.15, -0.1) is 11.8 Å². The molecule has 0 aromatic heterocycles. The molecule has 3 unspecified atom stereocenters. The maximum Gasteiger partial charge on any atom is 0.416 e. The van der Waals surface area contributed by atoms with Crippen LogP contribution >= 0.6 is 11.8 Å². The van der Waals surface area contributed by atoms with Crippen molar-refractivity contribution < 1.29 is 32.9 Å². The number of halogens is 3. The predicted octanol–water partition coefficient (Wildman–Crippen LogP) is 2.49. The highest BCUT2D eigenvalue weighted by molar-refractivity contribution is 8.00. The largest absolute Gasteiger partial charge is 0.496 e. The highest BCUT2D eigenvalue weighted by atomic mass is 32.2. The van der Waals surface area contributed by atoms with Gasteiger partial charge in [-0.1, -0.05) is 18.2 Å². The summed E-state index contributed by atoms with van der Waals surface area (Å²) in [5.74, 6) is -0.0900. The third-order valence-corrected chi connectivity index (χ3v) is 5.82. The number of aliphatic hydroxyl groups excluding tert-OH is 2. The van der Waals surface area contributed by atoms with Gasteiger partial charge in [0.05, 0.1) is 23.5 Å². The van der Waals surface area contributed by atoms with Crippen molar-refractivity contribution >= 4 is 17.7 Å². The predicted molar refractivity (Wildman–Crippen MR) is 106 cm³/mol. The molecule has 0 bridgehead atoms. The molecule has 1 aliphatic rings. The van der Waals surface area contributed by atoms with E-state index in [2.05, 4.69) is 10.6 Å². The van der Waals surface area contributed by atoms with Gasteiger partial charge in [-0.3, -0.25) is 10.1 Å². The van der Waals surface area contributed by atoms with Crippen LogP contribution in [0.4, 0.5) is 13.2 Å². The van der Waals surface area contributed by atoms with Gasteiger partial charge in [-0.05, 0) is 41.8 Å². The highest BCUT2D eigenvalue weighted by Gasteiger charge is 2.32. The Hall–Kier alpha value is -2.27. The van der Waals surface area contributed by atoms with Crippen molar-refractivity contribution in [1.82, 2.24) is 10.6 Å². The summed E-state index contributed by atoms with van der Waals surface area (Å²) in [4.78, 5) is 12.7. The fraction of sp³-hybridized carbons (Fsp3) is 0.350. The fourth-order valence-corrected chi connectivity index (χ4v) is 4.14. The van der Waals surface area contributed by atoms with Gasteiger partial charge in [-0.2, -0.15) is 13.2 Å². The quantitative estimate of drug-likeness (QED) is 0.550. The molecule has 3 rings (SSSR count). The van der Waals surface area contributed by atoms with Crippen LogP contribution in [0.1, 0.15) is 27.0 Å². The lowest BCUT2D eigenvalue weighted by molar-refractivity contribution is -0.137. The lowest BCUT2D eigenvalue weighted by Crippen LogP contribution is -2.33. The van der Waals surface area contributed by atoms with Crippen molar-refractivity contribution in [2.24, 2.45) is 0 Å². The molecule has 0 aliphatic carbocycles. The molecular formula is C20H21F3N2O4S. The maximum absolute atomic E-state index is 12.7. The summed E-state index contributed by atoms with van der Waals surface area (Å²) in [7, 11) is 1.43. The highest BCUT2D eigenvalue weighted by Crippen LogP contribution is 2.30. The number of carbonyl (C=O) groups excluding carboxylic acids is 1. The van der Waals surface area contributed by atoms with E-state index in [9.17, 15) is 28.2 Å². The molecule has 0 radical (unpaired) electrons. The second-order valence-electron chi connectivity index (χ2n) is 6.75. The molecule has 3 atom stereocenters. The second-order valence-corrected chi connectivity index (χ2v) is 8.08. The summed E-state index contributed by atoms with van der Waals surface area (Å²) in [6.07, 6.45) is -4.87. The molecule has 1 saturated heterocycles. The zero-order valence-corrected chi connectivity index (χ0v) is 16.8. The number of carbonyl (C=O) groups is 1. The number of amides is 1. The van der Waals surface area contributed by atoms with E-state index in [1.54, 1.807) is 18.2 Å². The van der Waals surface area contributed by atoms with Gasteiger partial charge in [0, 0.05) is 6.54 Å². The van der Waals surface area contributed by atoms with Gasteiger partial charge in [-0.25, -0.2) is 0 Å². The van der Waals surface area contributed by atoms with Crippen LogP contribution in [0.15, 0.2) is 42.5 Å². The minimum absolute atomic E-state index is 0.0532. The van der Waals surface area contributed by atoms with Gasteiger partial charge in [0.1, 0.15) is 12.0 Å². The number of rotatable bonds is 6. The summed E-state index contributed by atoms with van der Waals surface area (Å²) in [6.45, 7) is 0.0532. The van der Waals surface area contributed by atoms with Crippen LogP contribution in [0.2, 0.25) is 0 Å². The Morgan fingerprint density at radius 2 is 1.83 bits per heavy atom. The molecule has 1 fully saturated rings. The average molecular weight is 442 g/mol. The van der Waals surface area contributed by atoms with E-state index >= 15 is 0 Å². The lowest BCUT2D eigenvalue weighted by atomic mass is 10.0. The number of hydrogen-bond donors (Lipinski definition) is 4. The molecule has 1 heterocycles. The lowest BCUT2D eigenvalue weighted by Gasteiger charge is -2.15. The van der Waals surface area contributed by atoms with Crippen LogP contribution in [0.3, 0.4) is 0 Å². The van der Waals surface area contributed by atoms with E-state index in [1.165, 1.54) is 31.0 Å². The van der Waals surface area contributed by atoms with Crippen LogP contribution in [0.25, 0.3) is 0 Å². The Balaban J connectivity index is 1.68. The molecule has 2 aromatic carbocycles. The van der Waals surface area contributed by atoms with Crippen molar-refractivity contribution in [2.75, 3.05) is 7.11 Å². The first-order valence-electron chi connectivity index (χ1n) is 9.06. The van der Waals surface area contributed by atoms with E-state index in [0.717, 1.165) is 17.7 Å². The van der Waals surface area contributed by atoms with E-state index < -0.39 is 29.4 Å². The van der Waals surface area contributed by atoms with Gasteiger partial charge in [0.25, 0.3) is 5.91 Å². The molecule has 0 saturated carbocycles. The molecule has 30 heavy (non-hydrogen) atoms. The van der Waals surface area contributed by atoms with Crippen LogP contribution in [-0.2, 0) is 19.1 Å². The van der Waals surface area contributed by atoms with E-state index in [0.29, 0.717) is 17.7 Å². The summed E-state index contributed by atoms with van der Waals surface area (Å²) in [5, 5.41) is 24.5. The Kier molecular flexibility index (Phi) is 6.91. The van der Waals surface area contributed by atoms with Crippen LogP contribution in [-0.4, -0.2) is 40.3 Å². The van der Waals surface area contributed by atoms with Crippen molar-refractivity contribution in [3.63, 3.8) is 0 Å². The molecule has 0 spiro atoms. The Morgan fingerprint density at radius 1 is 1.17 bits per heavy atom. The van der Waals surface area contributed by atoms with E-state index in [1.807, 2.05) is 0 Å².